The van der Waals surface area contributed by atoms with Gasteiger partial charge >= 0.3 is 23.8 Å². The summed E-state index contributed by atoms with van der Waals surface area (Å²) in [4.78, 5) is 35.0. The Kier molecular flexibility index (Phi) is 3.61. The molecule has 1 heterocycles. The van der Waals surface area contributed by atoms with Gasteiger partial charge in [0.15, 0.2) is 6.10 Å². The third kappa shape index (κ3) is 2.30. The van der Waals surface area contributed by atoms with E-state index in [1.54, 1.807) is 0 Å². The summed E-state index contributed by atoms with van der Waals surface area (Å²) in [5.74, 6) is -10.4. The molecule has 6 atom stereocenters. The van der Waals surface area contributed by atoms with Gasteiger partial charge in [0.25, 0.3) is 0 Å². The lowest BCUT2D eigenvalue weighted by molar-refractivity contribution is -0.202. The molecule has 2 aliphatic carbocycles. The quantitative estimate of drug-likeness (QED) is 0.767. The van der Waals surface area contributed by atoms with Gasteiger partial charge < -0.3 is 14.6 Å². The van der Waals surface area contributed by atoms with Crippen LogP contribution in [0.3, 0.4) is 0 Å². The van der Waals surface area contributed by atoms with Crippen molar-refractivity contribution in [2.24, 2.45) is 29.6 Å². The minimum Gasteiger partial charge on any atom is -0.477 e. The first-order valence-corrected chi connectivity index (χ1v) is 7.66. The normalized spacial score (nSPS) is 36.2. The fraction of sp³-hybridized carbons (Fsp3) is 0.800. The van der Waals surface area contributed by atoms with Crippen LogP contribution in [0.4, 0.5) is 8.78 Å². The Morgan fingerprint density at radius 2 is 2.00 bits per heavy atom. The van der Waals surface area contributed by atoms with Crippen LogP contribution in [0.5, 0.6) is 0 Å². The first-order chi connectivity index (χ1) is 10.6. The van der Waals surface area contributed by atoms with Crippen molar-refractivity contribution in [3.05, 3.63) is 0 Å². The number of aliphatic carboxylic acids is 1. The average Bonchev–Trinajstić information content (AvgIpc) is 3.04. The second-order valence-corrected chi connectivity index (χ2v) is 6.95. The molecule has 1 N–H and O–H groups in total. The molecule has 8 heteroatoms. The van der Waals surface area contributed by atoms with Crippen LogP contribution in [-0.4, -0.2) is 41.1 Å². The number of halogens is 2. The van der Waals surface area contributed by atoms with Crippen molar-refractivity contribution in [1.29, 1.82) is 0 Å². The van der Waals surface area contributed by atoms with Crippen molar-refractivity contribution in [3.63, 3.8) is 0 Å². The van der Waals surface area contributed by atoms with E-state index < -0.39 is 47.7 Å². The van der Waals surface area contributed by atoms with Crippen LogP contribution in [0.1, 0.15) is 26.7 Å². The molecule has 3 aliphatic rings. The Balaban J connectivity index is 1.78. The van der Waals surface area contributed by atoms with Crippen molar-refractivity contribution in [1.82, 2.24) is 0 Å². The number of carboxylic acid groups (broad SMARTS) is 1. The number of carboxylic acids is 1. The highest BCUT2D eigenvalue weighted by Crippen LogP contribution is 2.58. The van der Waals surface area contributed by atoms with E-state index in [1.807, 2.05) is 0 Å². The number of hydrogen-bond donors (Lipinski definition) is 1. The monoisotopic (exact) mass is 332 g/mol. The van der Waals surface area contributed by atoms with E-state index >= 15 is 0 Å². The standard InChI is InChI=1S/C15H18F2O6/c1-5(2)11(15(16,17)14(20)21)23-12(18)9-6-3-7-8(4-6)22-13(19)10(7)9/h5-11H,3-4H2,1-2H3,(H,20,21). The smallest absolute Gasteiger partial charge is 0.378 e. The lowest BCUT2D eigenvalue weighted by atomic mass is 9.80. The molecule has 1 aliphatic heterocycles. The molecule has 0 spiro atoms. The molecule has 0 radical (unpaired) electrons. The van der Waals surface area contributed by atoms with Gasteiger partial charge in [0.2, 0.25) is 0 Å². The Hall–Kier alpha value is -1.73. The van der Waals surface area contributed by atoms with Gasteiger partial charge in [-0.25, -0.2) is 4.79 Å². The molecule has 0 aromatic carbocycles. The molecule has 0 amide bonds. The van der Waals surface area contributed by atoms with Crippen LogP contribution < -0.4 is 0 Å². The van der Waals surface area contributed by atoms with Gasteiger partial charge in [-0.2, -0.15) is 8.78 Å². The van der Waals surface area contributed by atoms with Crippen molar-refractivity contribution in [2.75, 3.05) is 0 Å². The summed E-state index contributed by atoms with van der Waals surface area (Å²) in [5.41, 5.74) is 0. The van der Waals surface area contributed by atoms with Crippen LogP contribution in [0.2, 0.25) is 0 Å². The van der Waals surface area contributed by atoms with Gasteiger partial charge in [-0.3, -0.25) is 9.59 Å². The summed E-state index contributed by atoms with van der Waals surface area (Å²) < 4.78 is 37.7. The first-order valence-electron chi connectivity index (χ1n) is 7.66. The van der Waals surface area contributed by atoms with Gasteiger partial charge in [-0.05, 0) is 24.7 Å². The first kappa shape index (κ1) is 16.1. The van der Waals surface area contributed by atoms with Crippen LogP contribution >= 0.6 is 0 Å². The van der Waals surface area contributed by atoms with Crippen molar-refractivity contribution < 1.29 is 37.7 Å². The minimum atomic E-state index is -4.18. The Labute approximate surface area is 131 Å². The van der Waals surface area contributed by atoms with Gasteiger partial charge in [-0.15, -0.1) is 0 Å². The van der Waals surface area contributed by atoms with Gasteiger partial charge in [-0.1, -0.05) is 13.8 Å². The maximum Gasteiger partial charge on any atom is 0.378 e. The number of fused-ring (bicyclic) bond motifs is 1. The van der Waals surface area contributed by atoms with Crippen LogP contribution in [-0.2, 0) is 23.9 Å². The summed E-state index contributed by atoms with van der Waals surface area (Å²) in [5, 5.41) is 8.68. The van der Waals surface area contributed by atoms with Crippen molar-refractivity contribution in [3.8, 4) is 0 Å². The summed E-state index contributed by atoms with van der Waals surface area (Å²) >= 11 is 0. The third-order valence-electron chi connectivity index (χ3n) is 5.25. The van der Waals surface area contributed by atoms with E-state index in [9.17, 15) is 23.2 Å². The zero-order chi connectivity index (χ0) is 17.1. The molecule has 0 aromatic rings. The van der Waals surface area contributed by atoms with E-state index in [1.165, 1.54) is 13.8 Å². The van der Waals surface area contributed by atoms with Crippen molar-refractivity contribution in [2.45, 2.75) is 44.8 Å². The fourth-order valence-corrected chi connectivity index (χ4v) is 4.28. The van der Waals surface area contributed by atoms with Crippen molar-refractivity contribution >= 4 is 17.9 Å². The molecule has 3 fully saturated rings. The Morgan fingerprint density at radius 3 is 2.57 bits per heavy atom. The number of alkyl halides is 2. The SMILES string of the molecule is CC(C)C(OC(=O)C1C2CC3OC(=O)C1C3C2)C(F)(F)C(=O)O. The van der Waals surface area contributed by atoms with Crippen LogP contribution in [0, 0.1) is 29.6 Å². The summed E-state index contributed by atoms with van der Waals surface area (Å²) in [6.45, 7) is 2.71. The average molecular weight is 332 g/mol. The highest BCUT2D eigenvalue weighted by atomic mass is 19.3. The highest BCUT2D eigenvalue weighted by Gasteiger charge is 2.65. The summed E-state index contributed by atoms with van der Waals surface area (Å²) in [6, 6.07) is 0. The maximum atomic E-state index is 13.8. The van der Waals surface area contributed by atoms with Gasteiger partial charge in [0.1, 0.15) is 6.10 Å². The van der Waals surface area contributed by atoms with E-state index in [0.29, 0.717) is 12.8 Å². The molecule has 2 saturated carbocycles. The lowest BCUT2D eigenvalue weighted by Gasteiger charge is -2.30. The predicted molar refractivity (Wildman–Crippen MR) is 70.4 cm³/mol. The number of esters is 2. The maximum absolute atomic E-state index is 13.8. The Morgan fingerprint density at radius 1 is 1.35 bits per heavy atom. The molecule has 23 heavy (non-hydrogen) atoms. The molecular formula is C15H18F2O6. The molecule has 6 unspecified atom stereocenters. The zero-order valence-electron chi connectivity index (χ0n) is 12.7. The molecule has 0 aromatic heterocycles. The van der Waals surface area contributed by atoms with E-state index in [-0.39, 0.29) is 17.9 Å². The number of rotatable bonds is 5. The molecule has 3 rings (SSSR count). The minimum absolute atomic E-state index is 0.0532. The van der Waals surface area contributed by atoms with Gasteiger partial charge in [0.05, 0.1) is 11.8 Å². The second kappa shape index (κ2) is 5.14. The molecule has 128 valence electrons. The lowest BCUT2D eigenvalue weighted by Crippen LogP contribution is -2.48. The number of carbonyl (C=O) groups excluding carboxylic acids is 2. The molecular weight excluding hydrogens is 314 g/mol. The Bertz CT molecular complexity index is 558. The number of carbonyl (C=O) groups is 3. The van der Waals surface area contributed by atoms with Gasteiger partial charge in [0, 0.05) is 5.92 Å². The summed E-state index contributed by atoms with van der Waals surface area (Å²) in [6.07, 6.45) is -1.07. The van der Waals surface area contributed by atoms with Crippen LogP contribution in [0.25, 0.3) is 0 Å². The van der Waals surface area contributed by atoms with E-state index in [4.69, 9.17) is 14.6 Å². The zero-order valence-corrected chi connectivity index (χ0v) is 12.7. The fourth-order valence-electron chi connectivity index (χ4n) is 4.28. The third-order valence-corrected chi connectivity index (χ3v) is 5.25. The number of hydrogen-bond acceptors (Lipinski definition) is 5. The second-order valence-electron chi connectivity index (χ2n) is 6.95. The van der Waals surface area contributed by atoms with E-state index in [2.05, 4.69) is 0 Å². The topological polar surface area (TPSA) is 89.9 Å². The van der Waals surface area contributed by atoms with Crippen LogP contribution in [0.15, 0.2) is 0 Å². The molecule has 2 bridgehead atoms. The predicted octanol–water partition coefficient (Wildman–Crippen LogP) is 1.47. The largest absolute Gasteiger partial charge is 0.477 e. The highest BCUT2D eigenvalue weighted by molar-refractivity contribution is 5.86. The summed E-state index contributed by atoms with van der Waals surface area (Å²) in [7, 11) is 0. The van der Waals surface area contributed by atoms with E-state index in [0.717, 1.165) is 0 Å². The molecule has 1 saturated heterocycles. The molecule has 6 nitrogen and oxygen atoms in total. The number of ether oxygens (including phenoxy) is 2.